The van der Waals surface area contributed by atoms with Crippen molar-refractivity contribution in [3.8, 4) is 0 Å². The molecule has 4 aliphatic rings. The van der Waals surface area contributed by atoms with Gasteiger partial charge in [0.1, 0.15) is 11.7 Å². The second kappa shape index (κ2) is 3.08. The van der Waals surface area contributed by atoms with Crippen LogP contribution in [0.4, 0.5) is 0 Å². The minimum Gasteiger partial charge on any atom is -0.393 e. The molecule has 0 radical (unpaired) electrons. The number of fused-ring (bicyclic) bond motifs is 1. The van der Waals surface area contributed by atoms with Crippen molar-refractivity contribution in [1.29, 1.82) is 0 Å². The Morgan fingerprint density at radius 2 is 2.11 bits per heavy atom. The molecule has 4 nitrogen and oxygen atoms in total. The molecule has 0 amide bonds. The number of ether oxygens (including phenoxy) is 2. The van der Waals surface area contributed by atoms with Crippen molar-refractivity contribution in [3.63, 3.8) is 0 Å². The predicted octanol–water partition coefficient (Wildman–Crippen LogP) is 1.36. The third-order valence-corrected chi connectivity index (χ3v) is 6.67. The van der Waals surface area contributed by atoms with Crippen molar-refractivity contribution in [2.24, 2.45) is 10.8 Å². The molecule has 0 aromatic carbocycles. The summed E-state index contributed by atoms with van der Waals surface area (Å²) in [6, 6.07) is 0. The summed E-state index contributed by atoms with van der Waals surface area (Å²) < 4.78 is 12.5. The normalized spacial score (nSPS) is 62.3. The molecule has 3 fully saturated rings. The molecule has 2 bridgehead atoms. The summed E-state index contributed by atoms with van der Waals surface area (Å²) >= 11 is 0. The van der Waals surface area contributed by atoms with Crippen LogP contribution < -0.4 is 0 Å². The van der Waals surface area contributed by atoms with E-state index in [4.69, 9.17) is 9.47 Å². The van der Waals surface area contributed by atoms with Crippen LogP contribution in [0.5, 0.6) is 0 Å². The summed E-state index contributed by atoms with van der Waals surface area (Å²) in [5.74, 6) is -0.755. The van der Waals surface area contributed by atoms with Crippen LogP contribution in [-0.4, -0.2) is 40.4 Å². The van der Waals surface area contributed by atoms with E-state index in [1.54, 1.807) is 0 Å². The van der Waals surface area contributed by atoms with Gasteiger partial charge in [0, 0.05) is 10.8 Å². The zero-order valence-electron chi connectivity index (χ0n) is 11.8. The zero-order valence-corrected chi connectivity index (χ0v) is 11.8. The molecule has 2 aliphatic carbocycles. The van der Waals surface area contributed by atoms with Gasteiger partial charge in [0.25, 0.3) is 0 Å². The lowest BCUT2D eigenvalue weighted by Gasteiger charge is -2.52. The zero-order chi connectivity index (χ0) is 13.7. The van der Waals surface area contributed by atoms with Crippen molar-refractivity contribution in [3.05, 3.63) is 11.6 Å². The van der Waals surface area contributed by atoms with Crippen molar-refractivity contribution < 1.29 is 19.7 Å². The third kappa shape index (κ3) is 0.963. The van der Waals surface area contributed by atoms with E-state index in [9.17, 15) is 10.2 Å². The van der Waals surface area contributed by atoms with Gasteiger partial charge in [0.15, 0.2) is 5.79 Å². The van der Waals surface area contributed by atoms with Crippen LogP contribution in [0.25, 0.3) is 0 Å². The lowest BCUT2D eigenvalue weighted by molar-refractivity contribution is -0.204. The van der Waals surface area contributed by atoms with E-state index in [-0.39, 0.29) is 17.4 Å². The molecule has 4 rings (SSSR count). The van der Waals surface area contributed by atoms with Crippen molar-refractivity contribution in [2.45, 2.75) is 63.6 Å². The Kier molecular flexibility index (Phi) is 2.00. The molecule has 2 aliphatic heterocycles. The van der Waals surface area contributed by atoms with Gasteiger partial charge in [-0.2, -0.15) is 0 Å². The highest BCUT2D eigenvalue weighted by Crippen LogP contribution is 2.77. The molecular weight excluding hydrogens is 244 g/mol. The molecule has 2 saturated heterocycles. The van der Waals surface area contributed by atoms with Gasteiger partial charge in [-0.05, 0) is 32.3 Å². The van der Waals surface area contributed by atoms with E-state index in [1.165, 1.54) is 5.57 Å². The number of aliphatic hydroxyl groups is 2. The first-order valence-electron chi connectivity index (χ1n) is 7.19. The number of hydrogen-bond donors (Lipinski definition) is 2. The topological polar surface area (TPSA) is 58.9 Å². The largest absolute Gasteiger partial charge is 0.393 e. The Bertz CT molecular complexity index is 489. The highest BCUT2D eigenvalue weighted by Gasteiger charge is 2.86. The average molecular weight is 266 g/mol. The number of allylic oxidation sites excluding steroid dienone is 1. The molecule has 19 heavy (non-hydrogen) atoms. The quantitative estimate of drug-likeness (QED) is 0.704. The number of aliphatic hydroxyl groups excluding tert-OH is 2. The predicted molar refractivity (Wildman–Crippen MR) is 68.3 cm³/mol. The molecule has 2 heterocycles. The van der Waals surface area contributed by atoms with Gasteiger partial charge in [-0.1, -0.05) is 19.4 Å². The standard InChI is InChI=1S/C15H22O4/c1-9-4-5-12(2)13(3)7-10(17)11-14(13,8-16)19-15(12,6-9)18-11/h6,10-11,16-17H,4-5,7-8H2,1-3H3/t10-,11+,12+,13+,14-,15+/m0/s1. The molecule has 6 atom stereocenters. The summed E-state index contributed by atoms with van der Waals surface area (Å²) in [6.07, 6.45) is 3.79. The molecule has 0 aromatic heterocycles. The van der Waals surface area contributed by atoms with E-state index in [2.05, 4.69) is 26.8 Å². The van der Waals surface area contributed by atoms with E-state index in [0.29, 0.717) is 6.42 Å². The molecule has 1 saturated carbocycles. The van der Waals surface area contributed by atoms with Crippen LogP contribution in [0.3, 0.4) is 0 Å². The maximum Gasteiger partial charge on any atom is 0.195 e. The Labute approximate surface area is 113 Å². The molecular formula is C15H22O4. The molecule has 2 N–H and O–H groups in total. The fraction of sp³-hybridized carbons (Fsp3) is 0.867. The molecule has 1 spiro atoms. The summed E-state index contributed by atoms with van der Waals surface area (Å²) in [5, 5.41) is 20.3. The van der Waals surface area contributed by atoms with Gasteiger partial charge in [0.05, 0.1) is 12.7 Å². The summed E-state index contributed by atoms with van der Waals surface area (Å²) in [5.41, 5.74) is 0.0953. The van der Waals surface area contributed by atoms with Gasteiger partial charge >= 0.3 is 0 Å². The minimum absolute atomic E-state index is 0.0878. The molecule has 4 heteroatoms. The SMILES string of the molecule is CC1=C[C@]23O[C@@H]4[C@@H](O)C[C@](C)([C@@]2(C)CC1)[C@@]4(CO)O3. The van der Waals surface area contributed by atoms with E-state index in [1.807, 2.05) is 0 Å². The van der Waals surface area contributed by atoms with Crippen molar-refractivity contribution in [1.82, 2.24) is 0 Å². The summed E-state index contributed by atoms with van der Waals surface area (Å²) in [7, 11) is 0. The fourth-order valence-corrected chi connectivity index (χ4v) is 5.28. The summed E-state index contributed by atoms with van der Waals surface area (Å²) in [4.78, 5) is 0. The number of hydrogen-bond acceptors (Lipinski definition) is 4. The fourth-order valence-electron chi connectivity index (χ4n) is 5.28. The van der Waals surface area contributed by atoms with Crippen LogP contribution in [0.1, 0.15) is 40.0 Å². The van der Waals surface area contributed by atoms with E-state index in [0.717, 1.165) is 12.8 Å². The first-order chi connectivity index (χ1) is 8.84. The minimum atomic E-state index is -0.755. The Morgan fingerprint density at radius 3 is 2.79 bits per heavy atom. The van der Waals surface area contributed by atoms with Gasteiger partial charge in [-0.15, -0.1) is 0 Å². The maximum absolute atomic E-state index is 10.3. The lowest BCUT2D eigenvalue weighted by Crippen LogP contribution is -2.60. The molecule has 0 unspecified atom stereocenters. The smallest absolute Gasteiger partial charge is 0.195 e. The third-order valence-electron chi connectivity index (χ3n) is 6.67. The first-order valence-corrected chi connectivity index (χ1v) is 7.19. The maximum atomic E-state index is 10.3. The highest BCUT2D eigenvalue weighted by atomic mass is 16.8. The van der Waals surface area contributed by atoms with E-state index < -0.39 is 23.6 Å². The van der Waals surface area contributed by atoms with Gasteiger partial charge in [-0.3, -0.25) is 0 Å². The average Bonchev–Trinajstić information content (AvgIpc) is 2.83. The van der Waals surface area contributed by atoms with Gasteiger partial charge in [-0.25, -0.2) is 0 Å². The van der Waals surface area contributed by atoms with Crippen LogP contribution in [-0.2, 0) is 9.47 Å². The van der Waals surface area contributed by atoms with Gasteiger partial charge in [0.2, 0.25) is 0 Å². The highest BCUT2D eigenvalue weighted by molar-refractivity contribution is 5.36. The van der Waals surface area contributed by atoms with Crippen LogP contribution in [0.15, 0.2) is 11.6 Å². The Balaban J connectivity index is 1.98. The molecule has 0 aromatic rings. The monoisotopic (exact) mass is 266 g/mol. The van der Waals surface area contributed by atoms with Crippen molar-refractivity contribution in [2.75, 3.05) is 6.61 Å². The van der Waals surface area contributed by atoms with Crippen LogP contribution >= 0.6 is 0 Å². The van der Waals surface area contributed by atoms with Gasteiger partial charge < -0.3 is 19.7 Å². The van der Waals surface area contributed by atoms with Crippen molar-refractivity contribution >= 4 is 0 Å². The van der Waals surface area contributed by atoms with Crippen LogP contribution in [0.2, 0.25) is 0 Å². The summed E-state index contributed by atoms with van der Waals surface area (Å²) in [6.45, 7) is 6.36. The second-order valence-electron chi connectivity index (χ2n) is 7.28. The molecule has 106 valence electrons. The number of rotatable bonds is 1. The second-order valence-corrected chi connectivity index (χ2v) is 7.28. The lowest BCUT2D eigenvalue weighted by atomic mass is 9.53. The first kappa shape index (κ1) is 12.3. The van der Waals surface area contributed by atoms with Crippen LogP contribution in [0, 0.1) is 10.8 Å². The Morgan fingerprint density at radius 1 is 1.37 bits per heavy atom. The Hall–Kier alpha value is -0.420. The van der Waals surface area contributed by atoms with E-state index >= 15 is 0 Å².